The summed E-state index contributed by atoms with van der Waals surface area (Å²) >= 11 is 0. The van der Waals surface area contributed by atoms with E-state index in [1.807, 2.05) is 14.1 Å². The van der Waals surface area contributed by atoms with Gasteiger partial charge in [-0.25, -0.2) is 4.79 Å². The normalized spacial score (nSPS) is 10.2. The van der Waals surface area contributed by atoms with Gasteiger partial charge >= 0.3 is 5.97 Å². The zero-order chi connectivity index (χ0) is 10.3. The number of ether oxygens (including phenoxy) is 1. The van der Waals surface area contributed by atoms with Crippen molar-refractivity contribution in [1.82, 2.24) is 4.90 Å². The van der Waals surface area contributed by atoms with Gasteiger partial charge in [-0.3, -0.25) is 0 Å². The smallest absolute Gasteiger partial charge is 0.333 e. The predicted octanol–water partition coefficient (Wildman–Crippen LogP) is 1.45. The molecule has 0 aliphatic heterocycles. The summed E-state index contributed by atoms with van der Waals surface area (Å²) < 4.78 is 4.54. The Labute approximate surface area is 80.4 Å². The van der Waals surface area contributed by atoms with Gasteiger partial charge in [0, 0.05) is 5.57 Å². The van der Waals surface area contributed by atoms with E-state index < -0.39 is 0 Å². The van der Waals surface area contributed by atoms with Crippen LogP contribution in [0.1, 0.15) is 19.3 Å². The van der Waals surface area contributed by atoms with Crippen LogP contribution in [0.3, 0.4) is 0 Å². The molecule has 0 radical (unpaired) electrons. The van der Waals surface area contributed by atoms with E-state index >= 15 is 0 Å². The second kappa shape index (κ2) is 6.66. The first-order valence-electron chi connectivity index (χ1n) is 4.48. The number of esters is 1. The lowest BCUT2D eigenvalue weighted by molar-refractivity contribution is -0.136. The van der Waals surface area contributed by atoms with Crippen LogP contribution < -0.4 is 0 Å². The summed E-state index contributed by atoms with van der Waals surface area (Å²) in [5.74, 6) is -0.287. The molecule has 0 aromatic heterocycles. The number of rotatable bonds is 6. The number of nitrogens with zero attached hydrogens (tertiary/aromatic N) is 1. The molecule has 0 N–H and O–H groups in total. The third-order valence-corrected chi connectivity index (χ3v) is 1.81. The first-order valence-corrected chi connectivity index (χ1v) is 4.48. The van der Waals surface area contributed by atoms with Crippen molar-refractivity contribution in [3.05, 3.63) is 12.2 Å². The molecule has 0 heterocycles. The van der Waals surface area contributed by atoms with Crippen molar-refractivity contribution < 1.29 is 9.53 Å². The van der Waals surface area contributed by atoms with E-state index in [1.54, 1.807) is 0 Å². The van der Waals surface area contributed by atoms with E-state index in [9.17, 15) is 4.79 Å². The molecule has 0 unspecified atom stereocenters. The molecule has 0 aliphatic carbocycles. The molecule has 0 bridgehead atoms. The van der Waals surface area contributed by atoms with E-state index in [0.717, 1.165) is 25.8 Å². The lowest BCUT2D eigenvalue weighted by atomic mass is 10.1. The summed E-state index contributed by atoms with van der Waals surface area (Å²) in [4.78, 5) is 13.0. The minimum Gasteiger partial charge on any atom is -0.466 e. The van der Waals surface area contributed by atoms with Crippen LogP contribution in [0.2, 0.25) is 0 Å². The van der Waals surface area contributed by atoms with Gasteiger partial charge in [-0.05, 0) is 39.9 Å². The van der Waals surface area contributed by atoms with Gasteiger partial charge < -0.3 is 9.64 Å². The van der Waals surface area contributed by atoms with E-state index in [0.29, 0.717) is 5.57 Å². The quantitative estimate of drug-likeness (QED) is 0.356. The highest BCUT2D eigenvalue weighted by atomic mass is 16.5. The van der Waals surface area contributed by atoms with Crippen molar-refractivity contribution in [2.75, 3.05) is 27.7 Å². The third kappa shape index (κ3) is 6.34. The number of carbonyl (C=O) groups is 1. The Morgan fingerprint density at radius 2 is 2.00 bits per heavy atom. The summed E-state index contributed by atoms with van der Waals surface area (Å²) in [5.41, 5.74) is 0.571. The fourth-order valence-electron chi connectivity index (χ4n) is 1.01. The Morgan fingerprint density at radius 1 is 1.38 bits per heavy atom. The van der Waals surface area contributed by atoms with E-state index in [1.165, 1.54) is 7.11 Å². The zero-order valence-electron chi connectivity index (χ0n) is 8.80. The maximum Gasteiger partial charge on any atom is 0.333 e. The SMILES string of the molecule is C=C(CCCCN(C)C)C(=O)OC. The van der Waals surface area contributed by atoms with Crippen molar-refractivity contribution in [2.45, 2.75) is 19.3 Å². The number of methoxy groups -OCH3 is 1. The topological polar surface area (TPSA) is 29.5 Å². The lowest BCUT2D eigenvalue weighted by Crippen LogP contribution is -2.13. The van der Waals surface area contributed by atoms with Gasteiger partial charge in [0.15, 0.2) is 0 Å². The number of carbonyl (C=O) groups excluding carboxylic acids is 1. The molecule has 0 atom stereocenters. The molecule has 3 heteroatoms. The first kappa shape index (κ1) is 12.2. The van der Waals surface area contributed by atoms with Crippen molar-refractivity contribution in [1.29, 1.82) is 0 Å². The van der Waals surface area contributed by atoms with Crippen molar-refractivity contribution in [3.8, 4) is 0 Å². The second-order valence-corrected chi connectivity index (χ2v) is 3.36. The molecule has 0 aliphatic rings. The summed E-state index contributed by atoms with van der Waals surface area (Å²) in [7, 11) is 5.46. The van der Waals surface area contributed by atoms with Gasteiger partial charge in [0.25, 0.3) is 0 Å². The molecule has 0 rings (SSSR count). The highest BCUT2D eigenvalue weighted by molar-refractivity contribution is 5.87. The molecule has 0 amide bonds. The van der Waals surface area contributed by atoms with Crippen LogP contribution in [0, 0.1) is 0 Å². The summed E-state index contributed by atoms with van der Waals surface area (Å²) in [6, 6.07) is 0. The standard InChI is InChI=1S/C10H19NO2/c1-9(10(12)13-4)7-5-6-8-11(2)3/h1,5-8H2,2-4H3. The zero-order valence-corrected chi connectivity index (χ0v) is 8.80. The van der Waals surface area contributed by atoms with E-state index in [-0.39, 0.29) is 5.97 Å². The van der Waals surface area contributed by atoms with Gasteiger partial charge in [-0.15, -0.1) is 0 Å². The summed E-state index contributed by atoms with van der Waals surface area (Å²) in [6.45, 7) is 4.70. The molecule has 0 fully saturated rings. The van der Waals surface area contributed by atoms with Crippen LogP contribution in [-0.4, -0.2) is 38.6 Å². The maximum absolute atomic E-state index is 10.9. The Hall–Kier alpha value is -0.830. The van der Waals surface area contributed by atoms with Crippen LogP contribution in [0.25, 0.3) is 0 Å². The van der Waals surface area contributed by atoms with Gasteiger partial charge in [0.05, 0.1) is 7.11 Å². The van der Waals surface area contributed by atoms with Gasteiger partial charge in [-0.1, -0.05) is 6.58 Å². The average Bonchev–Trinajstić information content (AvgIpc) is 2.10. The maximum atomic E-state index is 10.9. The van der Waals surface area contributed by atoms with Gasteiger partial charge in [-0.2, -0.15) is 0 Å². The van der Waals surface area contributed by atoms with E-state index in [2.05, 4.69) is 16.2 Å². The van der Waals surface area contributed by atoms with Crippen molar-refractivity contribution in [2.24, 2.45) is 0 Å². The molecular formula is C10H19NO2. The highest BCUT2D eigenvalue weighted by Gasteiger charge is 2.05. The predicted molar refractivity (Wildman–Crippen MR) is 53.6 cm³/mol. The first-order chi connectivity index (χ1) is 6.07. The fourth-order valence-corrected chi connectivity index (χ4v) is 1.01. The third-order valence-electron chi connectivity index (χ3n) is 1.81. The van der Waals surface area contributed by atoms with Crippen LogP contribution in [0.4, 0.5) is 0 Å². The van der Waals surface area contributed by atoms with Gasteiger partial charge in [0.2, 0.25) is 0 Å². The second-order valence-electron chi connectivity index (χ2n) is 3.36. The van der Waals surface area contributed by atoms with Crippen LogP contribution >= 0.6 is 0 Å². The highest BCUT2D eigenvalue weighted by Crippen LogP contribution is 2.06. The van der Waals surface area contributed by atoms with Crippen LogP contribution in [-0.2, 0) is 9.53 Å². The molecule has 3 nitrogen and oxygen atoms in total. The minimum absolute atomic E-state index is 0.287. The molecule has 13 heavy (non-hydrogen) atoms. The number of unbranched alkanes of at least 4 members (excludes halogenated alkanes) is 1. The fraction of sp³-hybridized carbons (Fsp3) is 0.700. The molecular weight excluding hydrogens is 166 g/mol. The molecule has 0 saturated carbocycles. The summed E-state index contributed by atoms with van der Waals surface area (Å²) in [6.07, 6.45) is 2.82. The molecule has 0 saturated heterocycles. The summed E-state index contributed by atoms with van der Waals surface area (Å²) in [5, 5.41) is 0. The van der Waals surface area contributed by atoms with Crippen molar-refractivity contribution in [3.63, 3.8) is 0 Å². The molecule has 0 spiro atoms. The molecule has 76 valence electrons. The monoisotopic (exact) mass is 185 g/mol. The largest absolute Gasteiger partial charge is 0.466 e. The van der Waals surface area contributed by atoms with Crippen LogP contribution in [0.15, 0.2) is 12.2 Å². The molecule has 0 aromatic carbocycles. The average molecular weight is 185 g/mol. The Kier molecular flexibility index (Phi) is 6.24. The van der Waals surface area contributed by atoms with Crippen LogP contribution in [0.5, 0.6) is 0 Å². The number of hydrogen-bond donors (Lipinski definition) is 0. The minimum atomic E-state index is -0.287. The van der Waals surface area contributed by atoms with E-state index in [4.69, 9.17) is 0 Å². The molecule has 0 aromatic rings. The van der Waals surface area contributed by atoms with Gasteiger partial charge in [0.1, 0.15) is 0 Å². The Balaban J connectivity index is 3.43. The van der Waals surface area contributed by atoms with Crippen molar-refractivity contribution >= 4 is 5.97 Å². The lowest BCUT2D eigenvalue weighted by Gasteiger charge is -2.08. The Bertz CT molecular complexity index is 176. The Morgan fingerprint density at radius 3 is 2.46 bits per heavy atom. The number of hydrogen-bond acceptors (Lipinski definition) is 3.